The third-order valence-corrected chi connectivity index (χ3v) is 4.54. The second-order valence-corrected chi connectivity index (χ2v) is 6.61. The van der Waals surface area contributed by atoms with Crippen LogP contribution < -0.4 is 5.32 Å². The molecule has 2 rings (SSSR count). The highest BCUT2D eigenvalue weighted by molar-refractivity contribution is 7.92. The molecule has 2 aromatic rings. The number of alkyl halides is 3. The van der Waals surface area contributed by atoms with E-state index in [9.17, 15) is 21.6 Å². The lowest BCUT2D eigenvalue weighted by Crippen LogP contribution is -2.24. The summed E-state index contributed by atoms with van der Waals surface area (Å²) < 4.78 is 66.6. The highest BCUT2D eigenvalue weighted by atomic mass is 32.2. The van der Waals surface area contributed by atoms with Gasteiger partial charge in [-0.05, 0) is 29.8 Å². The highest BCUT2D eigenvalue weighted by Gasteiger charge is 2.47. The summed E-state index contributed by atoms with van der Waals surface area (Å²) in [5.74, 6) is 0. The first-order chi connectivity index (χ1) is 10.8. The standard InChI is InChI=1S/C15H14F3NO3S/c1-22-10-11-5-4-6-12(9-11)19-13-7-2-3-8-14(13)23(20,21)15(16,17)18/h2-9,19H,10H2,1H3. The number of hydrogen-bond acceptors (Lipinski definition) is 4. The number of ether oxygens (including phenoxy) is 1. The van der Waals surface area contributed by atoms with Gasteiger partial charge in [-0.15, -0.1) is 0 Å². The second-order valence-electron chi connectivity index (χ2n) is 4.70. The summed E-state index contributed by atoms with van der Waals surface area (Å²) in [4.78, 5) is -0.815. The van der Waals surface area contributed by atoms with E-state index in [1.165, 1.54) is 25.3 Å². The van der Waals surface area contributed by atoms with Gasteiger partial charge in [0.2, 0.25) is 0 Å². The SMILES string of the molecule is COCc1cccc(Nc2ccccc2S(=O)(=O)C(F)(F)F)c1. The Bertz CT molecular complexity index is 789. The number of anilines is 2. The van der Waals surface area contributed by atoms with E-state index in [-0.39, 0.29) is 5.69 Å². The van der Waals surface area contributed by atoms with Crippen LogP contribution in [-0.2, 0) is 21.2 Å². The molecule has 0 amide bonds. The van der Waals surface area contributed by atoms with Crippen molar-refractivity contribution in [3.05, 3.63) is 54.1 Å². The fourth-order valence-corrected chi connectivity index (χ4v) is 2.91. The van der Waals surface area contributed by atoms with Crippen LogP contribution in [0.25, 0.3) is 0 Å². The van der Waals surface area contributed by atoms with Crippen molar-refractivity contribution >= 4 is 21.2 Å². The molecular formula is C15H14F3NO3S. The van der Waals surface area contributed by atoms with E-state index in [2.05, 4.69) is 5.32 Å². The Morgan fingerprint density at radius 2 is 1.78 bits per heavy atom. The van der Waals surface area contributed by atoms with Crippen molar-refractivity contribution in [1.82, 2.24) is 0 Å². The molecule has 0 saturated carbocycles. The number of sulfone groups is 1. The maximum absolute atomic E-state index is 12.8. The van der Waals surface area contributed by atoms with Crippen molar-refractivity contribution in [2.45, 2.75) is 17.0 Å². The minimum absolute atomic E-state index is 0.139. The zero-order chi connectivity index (χ0) is 17.1. The summed E-state index contributed by atoms with van der Waals surface area (Å²) in [6.07, 6.45) is 0. The monoisotopic (exact) mass is 345 g/mol. The first kappa shape index (κ1) is 17.3. The van der Waals surface area contributed by atoms with Crippen molar-refractivity contribution in [3.8, 4) is 0 Å². The summed E-state index contributed by atoms with van der Waals surface area (Å²) in [6, 6.07) is 11.7. The van der Waals surface area contributed by atoms with Gasteiger partial charge in [-0.1, -0.05) is 24.3 Å². The number of nitrogens with one attached hydrogen (secondary N) is 1. The largest absolute Gasteiger partial charge is 0.501 e. The van der Waals surface area contributed by atoms with E-state index in [1.807, 2.05) is 0 Å². The van der Waals surface area contributed by atoms with Crippen LogP contribution in [0.1, 0.15) is 5.56 Å². The topological polar surface area (TPSA) is 55.4 Å². The van der Waals surface area contributed by atoms with E-state index in [0.717, 1.165) is 11.6 Å². The van der Waals surface area contributed by atoms with E-state index < -0.39 is 20.2 Å². The van der Waals surface area contributed by atoms with Gasteiger partial charge >= 0.3 is 5.51 Å². The fourth-order valence-electron chi connectivity index (χ4n) is 1.99. The van der Waals surface area contributed by atoms with Crippen LogP contribution in [-0.4, -0.2) is 21.0 Å². The van der Waals surface area contributed by atoms with Crippen LogP contribution in [0.5, 0.6) is 0 Å². The van der Waals surface area contributed by atoms with Gasteiger partial charge in [0.25, 0.3) is 9.84 Å². The van der Waals surface area contributed by atoms with Crippen molar-refractivity contribution in [3.63, 3.8) is 0 Å². The van der Waals surface area contributed by atoms with Crippen LogP contribution in [0.4, 0.5) is 24.5 Å². The lowest BCUT2D eigenvalue weighted by molar-refractivity contribution is -0.0435. The predicted octanol–water partition coefficient (Wildman–Crippen LogP) is 3.87. The molecule has 2 aromatic carbocycles. The molecule has 0 aliphatic heterocycles. The molecule has 0 aromatic heterocycles. The Hall–Kier alpha value is -2.06. The summed E-state index contributed by atoms with van der Waals surface area (Å²) in [6.45, 7) is 0.331. The zero-order valence-corrected chi connectivity index (χ0v) is 12.9. The van der Waals surface area contributed by atoms with Crippen LogP contribution in [0.2, 0.25) is 0 Å². The summed E-state index contributed by atoms with van der Waals surface area (Å²) >= 11 is 0. The molecule has 4 nitrogen and oxygen atoms in total. The van der Waals surface area contributed by atoms with Gasteiger partial charge in [0.15, 0.2) is 0 Å². The number of para-hydroxylation sites is 1. The normalized spacial score (nSPS) is 12.2. The fraction of sp³-hybridized carbons (Fsp3) is 0.200. The predicted molar refractivity (Wildman–Crippen MR) is 80.1 cm³/mol. The van der Waals surface area contributed by atoms with Crippen molar-refractivity contribution in [2.24, 2.45) is 0 Å². The van der Waals surface area contributed by atoms with E-state index in [4.69, 9.17) is 4.74 Å². The van der Waals surface area contributed by atoms with E-state index >= 15 is 0 Å². The first-order valence-electron chi connectivity index (χ1n) is 6.51. The molecule has 0 aliphatic rings. The molecule has 0 spiro atoms. The maximum atomic E-state index is 12.8. The number of hydrogen-bond donors (Lipinski definition) is 1. The average molecular weight is 345 g/mol. The van der Waals surface area contributed by atoms with Crippen LogP contribution >= 0.6 is 0 Å². The van der Waals surface area contributed by atoms with Gasteiger partial charge in [0, 0.05) is 12.8 Å². The molecule has 0 unspecified atom stereocenters. The quantitative estimate of drug-likeness (QED) is 0.894. The summed E-state index contributed by atoms with van der Waals surface area (Å²) in [5, 5.41) is 2.71. The first-order valence-corrected chi connectivity index (χ1v) is 7.99. The third-order valence-electron chi connectivity index (χ3n) is 3.00. The Balaban J connectivity index is 2.41. The van der Waals surface area contributed by atoms with Crippen molar-refractivity contribution < 1.29 is 26.3 Å². The lowest BCUT2D eigenvalue weighted by Gasteiger charge is -2.14. The van der Waals surface area contributed by atoms with E-state index in [0.29, 0.717) is 12.3 Å². The van der Waals surface area contributed by atoms with Gasteiger partial charge in [-0.2, -0.15) is 13.2 Å². The van der Waals surface area contributed by atoms with Crippen molar-refractivity contribution in [2.75, 3.05) is 12.4 Å². The van der Waals surface area contributed by atoms with Crippen LogP contribution in [0.3, 0.4) is 0 Å². The van der Waals surface area contributed by atoms with Crippen LogP contribution in [0.15, 0.2) is 53.4 Å². The molecule has 8 heteroatoms. The summed E-state index contributed by atoms with van der Waals surface area (Å²) in [7, 11) is -3.92. The Morgan fingerprint density at radius 3 is 2.43 bits per heavy atom. The minimum Gasteiger partial charge on any atom is -0.380 e. The van der Waals surface area contributed by atoms with Gasteiger partial charge in [-0.25, -0.2) is 8.42 Å². The summed E-state index contributed by atoms with van der Waals surface area (Å²) in [5.41, 5.74) is -4.24. The zero-order valence-electron chi connectivity index (χ0n) is 12.1. The number of benzene rings is 2. The molecule has 0 bridgehead atoms. The molecular weight excluding hydrogens is 331 g/mol. The molecule has 1 N–H and O–H groups in total. The second kappa shape index (κ2) is 6.59. The highest BCUT2D eigenvalue weighted by Crippen LogP contribution is 2.35. The molecule has 23 heavy (non-hydrogen) atoms. The molecule has 0 aliphatic carbocycles. The molecule has 124 valence electrons. The Morgan fingerprint density at radius 1 is 1.09 bits per heavy atom. The van der Waals surface area contributed by atoms with Gasteiger partial charge in [0.1, 0.15) is 0 Å². The molecule has 0 saturated heterocycles. The Kier molecular flexibility index (Phi) is 4.96. The van der Waals surface area contributed by atoms with Crippen molar-refractivity contribution in [1.29, 1.82) is 0 Å². The number of halogens is 3. The smallest absolute Gasteiger partial charge is 0.380 e. The molecule has 0 heterocycles. The third kappa shape index (κ3) is 3.83. The van der Waals surface area contributed by atoms with Gasteiger partial charge in [-0.3, -0.25) is 0 Å². The lowest BCUT2D eigenvalue weighted by atomic mass is 10.2. The molecule has 0 radical (unpaired) electrons. The maximum Gasteiger partial charge on any atom is 0.501 e. The number of methoxy groups -OCH3 is 1. The number of rotatable bonds is 5. The van der Waals surface area contributed by atoms with E-state index in [1.54, 1.807) is 24.3 Å². The molecule has 0 atom stereocenters. The average Bonchev–Trinajstić information content (AvgIpc) is 2.47. The minimum atomic E-state index is -5.43. The molecule has 0 fully saturated rings. The van der Waals surface area contributed by atoms with Crippen LogP contribution in [0, 0.1) is 0 Å². The Labute approximate surface area is 131 Å². The van der Waals surface area contributed by atoms with Gasteiger partial charge < -0.3 is 10.1 Å². The van der Waals surface area contributed by atoms with Gasteiger partial charge in [0.05, 0.1) is 17.2 Å².